The quantitative estimate of drug-likeness (QED) is 0.589. The summed E-state index contributed by atoms with van der Waals surface area (Å²) in [7, 11) is 4.82. The summed E-state index contributed by atoms with van der Waals surface area (Å²) in [5.74, 6) is 2.59. The van der Waals surface area contributed by atoms with E-state index in [2.05, 4.69) is 18.2 Å². The molecule has 0 unspecified atom stereocenters. The maximum absolute atomic E-state index is 6.46. The number of hydrogen-bond acceptors (Lipinski definition) is 6. The van der Waals surface area contributed by atoms with Crippen molar-refractivity contribution >= 4 is 5.71 Å². The van der Waals surface area contributed by atoms with Crippen molar-refractivity contribution in [2.45, 2.75) is 18.7 Å². The molecular formula is C25H24N2O4. The van der Waals surface area contributed by atoms with Gasteiger partial charge in [0.2, 0.25) is 12.0 Å². The van der Waals surface area contributed by atoms with E-state index >= 15 is 0 Å². The maximum Gasteiger partial charge on any atom is 0.214 e. The van der Waals surface area contributed by atoms with E-state index in [1.54, 1.807) is 21.3 Å². The fourth-order valence-electron chi connectivity index (χ4n) is 4.30. The van der Waals surface area contributed by atoms with E-state index < -0.39 is 6.23 Å². The van der Waals surface area contributed by atoms with E-state index in [9.17, 15) is 0 Å². The summed E-state index contributed by atoms with van der Waals surface area (Å²) in [6, 6.07) is 22.4. The highest BCUT2D eigenvalue weighted by atomic mass is 16.5. The van der Waals surface area contributed by atoms with Crippen molar-refractivity contribution in [3.05, 3.63) is 83.4 Å². The topological polar surface area (TPSA) is 52.5 Å². The Kier molecular flexibility index (Phi) is 4.90. The van der Waals surface area contributed by atoms with Crippen LogP contribution < -0.4 is 18.9 Å². The Morgan fingerprint density at radius 2 is 1.55 bits per heavy atom. The van der Waals surface area contributed by atoms with Crippen molar-refractivity contribution in [1.29, 1.82) is 0 Å². The predicted molar refractivity (Wildman–Crippen MR) is 118 cm³/mol. The van der Waals surface area contributed by atoms with Crippen LogP contribution in [0.1, 0.15) is 35.4 Å². The highest BCUT2D eigenvalue weighted by molar-refractivity contribution is 6.01. The van der Waals surface area contributed by atoms with Gasteiger partial charge in [0.05, 0.1) is 33.1 Å². The molecule has 0 radical (unpaired) electrons. The minimum absolute atomic E-state index is 0.0873. The lowest BCUT2D eigenvalue weighted by atomic mass is 9.96. The molecule has 0 amide bonds. The average molecular weight is 416 g/mol. The molecule has 0 bridgehead atoms. The van der Waals surface area contributed by atoms with E-state index in [1.807, 2.05) is 53.5 Å². The molecule has 0 saturated heterocycles. The summed E-state index contributed by atoms with van der Waals surface area (Å²) in [6.07, 6.45) is 0.389. The van der Waals surface area contributed by atoms with Gasteiger partial charge < -0.3 is 18.9 Å². The molecule has 31 heavy (non-hydrogen) atoms. The van der Waals surface area contributed by atoms with E-state index in [4.69, 9.17) is 24.0 Å². The molecule has 5 rings (SSSR count). The molecule has 2 aliphatic rings. The number of hydrazone groups is 1. The van der Waals surface area contributed by atoms with E-state index in [-0.39, 0.29) is 6.04 Å². The lowest BCUT2D eigenvalue weighted by molar-refractivity contribution is -0.0192. The average Bonchev–Trinajstić information content (AvgIpc) is 3.29. The molecule has 0 aliphatic carbocycles. The molecule has 3 aromatic rings. The van der Waals surface area contributed by atoms with Crippen LogP contribution >= 0.6 is 0 Å². The monoisotopic (exact) mass is 416 g/mol. The third kappa shape index (κ3) is 3.24. The van der Waals surface area contributed by atoms with Crippen LogP contribution in [0.5, 0.6) is 23.0 Å². The van der Waals surface area contributed by atoms with Gasteiger partial charge in [-0.15, -0.1) is 0 Å². The summed E-state index contributed by atoms with van der Waals surface area (Å²) in [5, 5.41) is 7.05. The Morgan fingerprint density at radius 3 is 2.23 bits per heavy atom. The standard InChI is InChI=1S/C25H24N2O4/c1-28-22-13-17(14-23(29-2)24(22)30-3)25-27-20(18-11-7-8-12-21(18)31-25)15-19(26-27)16-9-5-4-6-10-16/h4-14,20,25H,15H2,1-3H3/t20-,25-/m1/s1. The first-order chi connectivity index (χ1) is 15.2. The largest absolute Gasteiger partial charge is 0.493 e. The highest BCUT2D eigenvalue weighted by Gasteiger charge is 2.41. The molecule has 6 heteroatoms. The fraction of sp³-hybridized carbons (Fsp3) is 0.240. The van der Waals surface area contributed by atoms with Gasteiger partial charge in [-0.25, -0.2) is 5.01 Å². The summed E-state index contributed by atoms with van der Waals surface area (Å²) in [6.45, 7) is 0. The number of nitrogens with zero attached hydrogens (tertiary/aromatic N) is 2. The molecule has 2 heterocycles. The van der Waals surface area contributed by atoms with Crippen LogP contribution in [0.2, 0.25) is 0 Å². The zero-order chi connectivity index (χ0) is 21.4. The molecule has 2 atom stereocenters. The number of hydrogen-bond donors (Lipinski definition) is 0. The number of methoxy groups -OCH3 is 3. The van der Waals surface area contributed by atoms with Gasteiger partial charge in [-0.3, -0.25) is 0 Å². The number of fused-ring (bicyclic) bond motifs is 3. The SMILES string of the molecule is COc1cc([C@H]2Oc3ccccc3[C@H]3CC(c4ccccc4)=NN32)cc(OC)c1OC. The molecule has 0 aromatic heterocycles. The molecule has 3 aromatic carbocycles. The number of rotatable bonds is 5. The molecule has 158 valence electrons. The zero-order valence-electron chi connectivity index (χ0n) is 17.7. The lowest BCUT2D eigenvalue weighted by Crippen LogP contribution is -2.33. The van der Waals surface area contributed by atoms with Gasteiger partial charge in [0.1, 0.15) is 5.75 Å². The number of benzene rings is 3. The molecule has 6 nitrogen and oxygen atoms in total. The second kappa shape index (κ2) is 7.87. The number of para-hydroxylation sites is 1. The third-order valence-electron chi connectivity index (χ3n) is 5.78. The summed E-state index contributed by atoms with van der Waals surface area (Å²) < 4.78 is 23.1. The number of ether oxygens (including phenoxy) is 4. The van der Waals surface area contributed by atoms with Crippen LogP contribution in [0.3, 0.4) is 0 Å². The van der Waals surface area contributed by atoms with E-state index in [1.165, 1.54) is 0 Å². The Hall–Kier alpha value is -3.67. The Balaban J connectivity index is 1.62. The van der Waals surface area contributed by atoms with Crippen molar-refractivity contribution in [2.75, 3.05) is 21.3 Å². The van der Waals surface area contributed by atoms with Gasteiger partial charge in [0.25, 0.3) is 0 Å². The predicted octanol–water partition coefficient (Wildman–Crippen LogP) is 4.95. The van der Waals surface area contributed by atoms with Gasteiger partial charge in [-0.2, -0.15) is 5.10 Å². The Labute approximate surface area is 181 Å². The lowest BCUT2D eigenvalue weighted by Gasteiger charge is -2.38. The fourth-order valence-corrected chi connectivity index (χ4v) is 4.30. The van der Waals surface area contributed by atoms with Gasteiger partial charge >= 0.3 is 0 Å². The van der Waals surface area contributed by atoms with Crippen LogP contribution in [0, 0.1) is 0 Å². The van der Waals surface area contributed by atoms with Gasteiger partial charge in [0.15, 0.2) is 11.5 Å². The Bertz CT molecular complexity index is 1100. The normalized spacial score (nSPS) is 19.1. The minimum atomic E-state index is -0.421. The van der Waals surface area contributed by atoms with Gasteiger partial charge in [-0.1, -0.05) is 48.5 Å². The molecular weight excluding hydrogens is 392 g/mol. The Morgan fingerprint density at radius 1 is 0.871 bits per heavy atom. The molecule has 2 aliphatic heterocycles. The third-order valence-corrected chi connectivity index (χ3v) is 5.78. The summed E-state index contributed by atoms with van der Waals surface area (Å²) in [5.41, 5.74) is 4.19. The molecule has 0 N–H and O–H groups in total. The van der Waals surface area contributed by atoms with Crippen molar-refractivity contribution in [2.24, 2.45) is 5.10 Å². The minimum Gasteiger partial charge on any atom is -0.493 e. The van der Waals surface area contributed by atoms with Gasteiger partial charge in [-0.05, 0) is 23.8 Å². The van der Waals surface area contributed by atoms with Crippen molar-refractivity contribution < 1.29 is 18.9 Å². The van der Waals surface area contributed by atoms with E-state index in [0.29, 0.717) is 17.2 Å². The molecule has 0 saturated carbocycles. The van der Waals surface area contributed by atoms with Crippen LogP contribution in [0.4, 0.5) is 0 Å². The first-order valence-electron chi connectivity index (χ1n) is 10.2. The maximum atomic E-state index is 6.46. The second-order valence-corrected chi connectivity index (χ2v) is 7.48. The molecule has 0 spiro atoms. The second-order valence-electron chi connectivity index (χ2n) is 7.48. The smallest absolute Gasteiger partial charge is 0.214 e. The first-order valence-corrected chi connectivity index (χ1v) is 10.2. The van der Waals surface area contributed by atoms with Crippen molar-refractivity contribution in [3.8, 4) is 23.0 Å². The summed E-state index contributed by atoms with van der Waals surface area (Å²) in [4.78, 5) is 0. The summed E-state index contributed by atoms with van der Waals surface area (Å²) >= 11 is 0. The highest BCUT2D eigenvalue weighted by Crippen LogP contribution is 2.49. The van der Waals surface area contributed by atoms with Crippen LogP contribution in [0.15, 0.2) is 71.8 Å². The zero-order valence-corrected chi connectivity index (χ0v) is 17.7. The first kappa shape index (κ1) is 19.3. The van der Waals surface area contributed by atoms with Crippen molar-refractivity contribution in [3.63, 3.8) is 0 Å². The van der Waals surface area contributed by atoms with Crippen LogP contribution in [0.25, 0.3) is 0 Å². The van der Waals surface area contributed by atoms with Crippen LogP contribution in [-0.2, 0) is 0 Å². The van der Waals surface area contributed by atoms with E-state index in [0.717, 1.165) is 34.6 Å². The van der Waals surface area contributed by atoms with Crippen molar-refractivity contribution in [1.82, 2.24) is 5.01 Å². The van der Waals surface area contributed by atoms with Gasteiger partial charge in [0, 0.05) is 17.5 Å². The molecule has 0 fully saturated rings. The van der Waals surface area contributed by atoms with Crippen LogP contribution in [-0.4, -0.2) is 32.0 Å².